The van der Waals surface area contributed by atoms with Gasteiger partial charge in [0.2, 0.25) is 0 Å². The first-order valence-electron chi connectivity index (χ1n) is 6.28. The highest BCUT2D eigenvalue weighted by Gasteiger charge is 2.12. The van der Waals surface area contributed by atoms with Crippen LogP contribution in [0.1, 0.15) is 11.1 Å². The number of hydrogen-bond donors (Lipinski definition) is 1. The van der Waals surface area contributed by atoms with Crippen molar-refractivity contribution in [2.45, 2.75) is 13.2 Å². The Morgan fingerprint density at radius 2 is 1.76 bits per heavy atom. The van der Waals surface area contributed by atoms with Crippen LogP contribution in [0.2, 0.25) is 0 Å². The number of nitrogens with zero attached hydrogens (tertiary/aromatic N) is 1. The number of benzene rings is 2. The Morgan fingerprint density at radius 3 is 2.33 bits per heavy atom. The molecule has 0 heterocycles. The molecule has 0 aliphatic carbocycles. The first-order chi connectivity index (χ1) is 10.1. The van der Waals surface area contributed by atoms with Crippen LogP contribution in [0, 0.1) is 10.1 Å². The van der Waals surface area contributed by atoms with E-state index < -0.39 is 4.92 Å². The lowest BCUT2D eigenvalue weighted by Gasteiger charge is -2.10. The van der Waals surface area contributed by atoms with E-state index >= 15 is 0 Å². The summed E-state index contributed by atoms with van der Waals surface area (Å²) >= 11 is 0. The van der Waals surface area contributed by atoms with Gasteiger partial charge in [-0.05, 0) is 17.2 Å². The van der Waals surface area contributed by atoms with Crippen molar-refractivity contribution in [1.82, 2.24) is 0 Å². The second-order valence-corrected chi connectivity index (χ2v) is 4.36. The zero-order chi connectivity index (χ0) is 15.2. The van der Waals surface area contributed by atoms with Crippen LogP contribution in [0.25, 0.3) is 0 Å². The fraction of sp³-hybridized carbons (Fsp3) is 0.200. The van der Waals surface area contributed by atoms with Gasteiger partial charge in [0.05, 0.1) is 24.7 Å². The number of rotatable bonds is 6. The van der Waals surface area contributed by atoms with E-state index in [0.29, 0.717) is 18.1 Å². The van der Waals surface area contributed by atoms with Gasteiger partial charge >= 0.3 is 0 Å². The molecule has 2 rings (SSSR count). The molecule has 21 heavy (non-hydrogen) atoms. The predicted octanol–water partition coefficient (Wildman–Crippen LogP) is 2.67. The van der Waals surface area contributed by atoms with Gasteiger partial charge in [0, 0.05) is 6.07 Å². The van der Waals surface area contributed by atoms with E-state index in [1.807, 2.05) is 24.3 Å². The summed E-state index contributed by atoms with van der Waals surface area (Å²) in [5.74, 6) is 0.755. The Morgan fingerprint density at radius 1 is 1.10 bits per heavy atom. The van der Waals surface area contributed by atoms with Crippen LogP contribution in [0.5, 0.6) is 11.5 Å². The summed E-state index contributed by atoms with van der Waals surface area (Å²) in [5, 5.41) is 19.7. The van der Waals surface area contributed by atoms with Crippen molar-refractivity contribution in [2.24, 2.45) is 0 Å². The molecule has 6 heteroatoms. The van der Waals surface area contributed by atoms with Gasteiger partial charge in [0.1, 0.15) is 6.61 Å². The monoisotopic (exact) mass is 289 g/mol. The highest BCUT2D eigenvalue weighted by atomic mass is 16.6. The number of methoxy groups -OCH3 is 1. The Kier molecular flexibility index (Phi) is 4.73. The molecule has 0 radical (unpaired) electrons. The van der Waals surface area contributed by atoms with E-state index in [2.05, 4.69) is 0 Å². The molecule has 0 saturated heterocycles. The fourth-order valence-electron chi connectivity index (χ4n) is 1.79. The topological polar surface area (TPSA) is 81.8 Å². The molecule has 0 saturated carbocycles. The Bertz CT molecular complexity index is 624. The van der Waals surface area contributed by atoms with E-state index in [4.69, 9.17) is 14.6 Å². The maximum Gasteiger partial charge on any atom is 0.273 e. The zero-order valence-corrected chi connectivity index (χ0v) is 11.5. The van der Waals surface area contributed by atoms with Gasteiger partial charge in [-0.2, -0.15) is 0 Å². The SMILES string of the molecule is COc1cc([N+](=O)[O-])ccc1OCc1ccc(CO)cc1. The van der Waals surface area contributed by atoms with Gasteiger partial charge in [-0.3, -0.25) is 10.1 Å². The van der Waals surface area contributed by atoms with Crippen molar-refractivity contribution in [2.75, 3.05) is 7.11 Å². The molecule has 0 aliphatic rings. The Hall–Kier alpha value is -2.60. The number of aliphatic hydroxyl groups is 1. The molecule has 0 fully saturated rings. The van der Waals surface area contributed by atoms with Crippen LogP contribution in [0.3, 0.4) is 0 Å². The van der Waals surface area contributed by atoms with Crippen molar-refractivity contribution in [3.8, 4) is 11.5 Å². The van der Waals surface area contributed by atoms with Gasteiger partial charge in [-0.25, -0.2) is 0 Å². The summed E-state index contributed by atoms with van der Waals surface area (Å²) in [5.41, 5.74) is 1.70. The molecule has 0 unspecified atom stereocenters. The minimum absolute atomic E-state index is 0.00267. The summed E-state index contributed by atoms with van der Waals surface area (Å²) in [6.45, 7) is 0.303. The summed E-state index contributed by atoms with van der Waals surface area (Å²) in [6, 6.07) is 11.5. The zero-order valence-electron chi connectivity index (χ0n) is 11.5. The number of nitro groups is 1. The summed E-state index contributed by atoms with van der Waals surface area (Å²) in [6.07, 6.45) is 0. The summed E-state index contributed by atoms with van der Waals surface area (Å²) in [4.78, 5) is 10.2. The number of aliphatic hydroxyl groups excluding tert-OH is 1. The normalized spacial score (nSPS) is 10.2. The van der Waals surface area contributed by atoms with Gasteiger partial charge in [-0.15, -0.1) is 0 Å². The largest absolute Gasteiger partial charge is 0.493 e. The molecule has 0 atom stereocenters. The van der Waals surface area contributed by atoms with Crippen LogP contribution >= 0.6 is 0 Å². The van der Waals surface area contributed by atoms with Crippen LogP contribution in [-0.4, -0.2) is 17.1 Å². The van der Waals surface area contributed by atoms with E-state index in [9.17, 15) is 10.1 Å². The molecule has 2 aromatic carbocycles. The van der Waals surface area contributed by atoms with E-state index in [-0.39, 0.29) is 12.3 Å². The van der Waals surface area contributed by atoms with Crippen molar-refractivity contribution >= 4 is 5.69 Å². The highest BCUT2D eigenvalue weighted by Crippen LogP contribution is 2.31. The van der Waals surface area contributed by atoms with Gasteiger partial charge < -0.3 is 14.6 Å². The lowest BCUT2D eigenvalue weighted by molar-refractivity contribution is -0.385. The standard InChI is InChI=1S/C15H15NO5/c1-20-15-8-13(16(18)19)6-7-14(15)21-10-12-4-2-11(9-17)3-5-12/h2-8,17H,9-10H2,1H3. The Labute approximate surface area is 121 Å². The maximum absolute atomic E-state index is 10.7. The van der Waals surface area contributed by atoms with Crippen LogP contribution < -0.4 is 9.47 Å². The van der Waals surface area contributed by atoms with E-state index in [1.165, 1.54) is 25.3 Å². The average molecular weight is 289 g/mol. The minimum Gasteiger partial charge on any atom is -0.493 e. The first kappa shape index (κ1) is 14.8. The number of non-ortho nitro benzene ring substituents is 1. The van der Waals surface area contributed by atoms with Crippen molar-refractivity contribution < 1.29 is 19.5 Å². The lowest BCUT2D eigenvalue weighted by Crippen LogP contribution is -1.99. The minimum atomic E-state index is -0.486. The third-order valence-corrected chi connectivity index (χ3v) is 2.96. The van der Waals surface area contributed by atoms with Gasteiger partial charge in [-0.1, -0.05) is 24.3 Å². The number of ether oxygens (including phenoxy) is 2. The predicted molar refractivity (Wildman–Crippen MR) is 76.3 cm³/mol. The fourth-order valence-corrected chi connectivity index (χ4v) is 1.79. The van der Waals surface area contributed by atoms with Crippen LogP contribution in [0.15, 0.2) is 42.5 Å². The van der Waals surface area contributed by atoms with Crippen molar-refractivity contribution in [3.63, 3.8) is 0 Å². The molecule has 0 bridgehead atoms. The number of hydrogen-bond acceptors (Lipinski definition) is 5. The van der Waals surface area contributed by atoms with Gasteiger partial charge in [0.15, 0.2) is 11.5 Å². The van der Waals surface area contributed by atoms with Crippen LogP contribution in [0.4, 0.5) is 5.69 Å². The third kappa shape index (κ3) is 3.70. The molecular weight excluding hydrogens is 274 g/mol. The molecule has 0 aliphatic heterocycles. The molecule has 1 N–H and O–H groups in total. The molecule has 2 aromatic rings. The second kappa shape index (κ2) is 6.71. The van der Waals surface area contributed by atoms with E-state index in [0.717, 1.165) is 11.1 Å². The van der Waals surface area contributed by atoms with E-state index in [1.54, 1.807) is 0 Å². The smallest absolute Gasteiger partial charge is 0.273 e. The third-order valence-electron chi connectivity index (χ3n) is 2.96. The van der Waals surface area contributed by atoms with Crippen molar-refractivity contribution in [3.05, 3.63) is 63.7 Å². The highest BCUT2D eigenvalue weighted by molar-refractivity contribution is 5.48. The molecule has 6 nitrogen and oxygen atoms in total. The average Bonchev–Trinajstić information content (AvgIpc) is 2.53. The summed E-state index contributed by atoms with van der Waals surface area (Å²) < 4.78 is 10.7. The van der Waals surface area contributed by atoms with Gasteiger partial charge in [0.25, 0.3) is 5.69 Å². The first-order valence-corrected chi connectivity index (χ1v) is 6.28. The molecule has 0 aromatic heterocycles. The molecule has 110 valence electrons. The van der Waals surface area contributed by atoms with Crippen molar-refractivity contribution in [1.29, 1.82) is 0 Å². The maximum atomic E-state index is 10.7. The Balaban J connectivity index is 2.09. The molecule has 0 amide bonds. The number of nitro benzene ring substituents is 1. The molecule has 0 spiro atoms. The quantitative estimate of drug-likeness (QED) is 0.653. The molecular formula is C15H15NO5. The second-order valence-electron chi connectivity index (χ2n) is 4.36. The lowest BCUT2D eigenvalue weighted by atomic mass is 10.1. The van der Waals surface area contributed by atoms with Crippen LogP contribution in [-0.2, 0) is 13.2 Å². The summed E-state index contributed by atoms with van der Waals surface area (Å²) in [7, 11) is 1.43.